The quantitative estimate of drug-likeness (QED) is 0.518. The molecular weight excluding hydrogens is 268 g/mol. The molecule has 0 bridgehead atoms. The van der Waals surface area contributed by atoms with Gasteiger partial charge in [-0.2, -0.15) is 0 Å². The maximum absolute atomic E-state index is 11.0. The molecule has 2 aromatic carbocycles. The van der Waals surface area contributed by atoms with Gasteiger partial charge in [0, 0.05) is 11.6 Å². The SMILES string of the molecule is O=Cc1cccn1-c1nc2ccc3ccccc3c2s1. The third-order valence-electron chi connectivity index (χ3n) is 3.38. The zero-order valence-electron chi connectivity index (χ0n) is 10.5. The fourth-order valence-electron chi connectivity index (χ4n) is 2.41. The fraction of sp³-hybridized carbons (Fsp3) is 0. The summed E-state index contributed by atoms with van der Waals surface area (Å²) in [5.41, 5.74) is 1.59. The van der Waals surface area contributed by atoms with Crippen LogP contribution < -0.4 is 0 Å². The van der Waals surface area contributed by atoms with E-state index < -0.39 is 0 Å². The number of aldehydes is 1. The molecule has 2 heterocycles. The predicted molar refractivity (Wildman–Crippen MR) is 81.8 cm³/mol. The van der Waals surface area contributed by atoms with Crippen molar-refractivity contribution >= 4 is 38.6 Å². The molecule has 0 saturated heterocycles. The summed E-state index contributed by atoms with van der Waals surface area (Å²) in [6.45, 7) is 0. The molecule has 0 N–H and O–H groups in total. The van der Waals surface area contributed by atoms with Crippen LogP contribution in [0.2, 0.25) is 0 Å². The van der Waals surface area contributed by atoms with Gasteiger partial charge in [0.15, 0.2) is 11.4 Å². The number of nitrogens with zero attached hydrogens (tertiary/aromatic N) is 2. The second kappa shape index (κ2) is 4.28. The first-order chi connectivity index (χ1) is 9.86. The van der Waals surface area contributed by atoms with E-state index in [1.807, 2.05) is 35.0 Å². The van der Waals surface area contributed by atoms with Crippen LogP contribution in [0, 0.1) is 0 Å². The second-order valence-corrected chi connectivity index (χ2v) is 5.53. The van der Waals surface area contributed by atoms with E-state index in [1.54, 1.807) is 17.4 Å². The van der Waals surface area contributed by atoms with Gasteiger partial charge in [0.25, 0.3) is 0 Å². The lowest BCUT2D eigenvalue weighted by atomic mass is 10.1. The molecule has 0 aliphatic heterocycles. The molecule has 0 saturated carbocycles. The first-order valence-electron chi connectivity index (χ1n) is 6.28. The van der Waals surface area contributed by atoms with Gasteiger partial charge in [-0.3, -0.25) is 9.36 Å². The number of benzene rings is 2. The normalized spacial score (nSPS) is 11.2. The molecule has 2 aromatic heterocycles. The van der Waals surface area contributed by atoms with Crippen LogP contribution in [0.25, 0.3) is 26.1 Å². The number of rotatable bonds is 2. The summed E-state index contributed by atoms with van der Waals surface area (Å²) in [5, 5.41) is 3.23. The zero-order valence-corrected chi connectivity index (χ0v) is 11.3. The summed E-state index contributed by atoms with van der Waals surface area (Å²) in [7, 11) is 0. The summed E-state index contributed by atoms with van der Waals surface area (Å²) < 4.78 is 2.98. The highest BCUT2D eigenvalue weighted by Crippen LogP contribution is 2.32. The van der Waals surface area contributed by atoms with Crippen molar-refractivity contribution in [1.82, 2.24) is 9.55 Å². The highest BCUT2D eigenvalue weighted by Gasteiger charge is 2.10. The van der Waals surface area contributed by atoms with Crippen molar-refractivity contribution < 1.29 is 4.79 Å². The Bertz CT molecular complexity index is 936. The molecule has 96 valence electrons. The Labute approximate surface area is 119 Å². The van der Waals surface area contributed by atoms with E-state index in [0.29, 0.717) is 5.69 Å². The van der Waals surface area contributed by atoms with Crippen LogP contribution in [0.3, 0.4) is 0 Å². The maximum atomic E-state index is 11.0. The van der Waals surface area contributed by atoms with E-state index in [1.165, 1.54) is 10.8 Å². The van der Waals surface area contributed by atoms with Gasteiger partial charge in [0.2, 0.25) is 0 Å². The van der Waals surface area contributed by atoms with E-state index in [4.69, 9.17) is 0 Å². The number of fused-ring (bicyclic) bond motifs is 3. The van der Waals surface area contributed by atoms with E-state index in [2.05, 4.69) is 23.2 Å². The summed E-state index contributed by atoms with van der Waals surface area (Å²) in [6.07, 6.45) is 2.72. The predicted octanol–water partition coefficient (Wildman–Crippen LogP) is 4.05. The van der Waals surface area contributed by atoms with Crippen molar-refractivity contribution in [1.29, 1.82) is 0 Å². The number of aromatic nitrogens is 2. The Kier molecular flexibility index (Phi) is 2.44. The first kappa shape index (κ1) is 11.4. The average Bonchev–Trinajstić information content (AvgIpc) is 3.12. The van der Waals surface area contributed by atoms with Gasteiger partial charge in [0.1, 0.15) is 0 Å². The van der Waals surface area contributed by atoms with Crippen molar-refractivity contribution in [2.75, 3.05) is 0 Å². The van der Waals surface area contributed by atoms with E-state index >= 15 is 0 Å². The lowest BCUT2D eigenvalue weighted by Gasteiger charge is -1.97. The molecular formula is C16H10N2OS. The first-order valence-corrected chi connectivity index (χ1v) is 7.10. The number of carbonyl (C=O) groups is 1. The average molecular weight is 278 g/mol. The van der Waals surface area contributed by atoms with E-state index in [0.717, 1.165) is 21.6 Å². The van der Waals surface area contributed by atoms with Crippen LogP contribution in [-0.4, -0.2) is 15.8 Å². The molecule has 20 heavy (non-hydrogen) atoms. The molecule has 4 rings (SSSR count). The Hall–Kier alpha value is -2.46. The number of hydrogen-bond donors (Lipinski definition) is 0. The van der Waals surface area contributed by atoms with Crippen LogP contribution in [0.4, 0.5) is 0 Å². The molecule has 0 aliphatic rings. The van der Waals surface area contributed by atoms with Crippen LogP contribution in [-0.2, 0) is 0 Å². The van der Waals surface area contributed by atoms with Crippen molar-refractivity contribution in [3.63, 3.8) is 0 Å². The standard InChI is InChI=1S/C16H10N2OS/c19-10-12-5-3-9-18(12)16-17-14-8-7-11-4-1-2-6-13(11)15(14)20-16/h1-10H. The van der Waals surface area contributed by atoms with Gasteiger partial charge >= 0.3 is 0 Å². The lowest BCUT2D eigenvalue weighted by molar-refractivity contribution is 0.111. The van der Waals surface area contributed by atoms with Crippen LogP contribution in [0.5, 0.6) is 0 Å². The molecule has 3 nitrogen and oxygen atoms in total. The molecule has 0 fully saturated rings. The van der Waals surface area contributed by atoms with Gasteiger partial charge in [-0.25, -0.2) is 4.98 Å². The monoisotopic (exact) mass is 278 g/mol. The maximum Gasteiger partial charge on any atom is 0.195 e. The largest absolute Gasteiger partial charge is 0.296 e. The second-order valence-electron chi connectivity index (χ2n) is 4.55. The minimum atomic E-state index is 0.619. The minimum Gasteiger partial charge on any atom is -0.296 e. The molecule has 4 heteroatoms. The Morgan fingerprint density at radius 2 is 1.95 bits per heavy atom. The summed E-state index contributed by atoms with van der Waals surface area (Å²) in [4.78, 5) is 15.7. The Balaban J connectivity index is 2.04. The van der Waals surface area contributed by atoms with Crippen molar-refractivity contribution in [2.45, 2.75) is 0 Å². The van der Waals surface area contributed by atoms with Crippen LogP contribution in [0.15, 0.2) is 54.7 Å². The zero-order chi connectivity index (χ0) is 13.5. The Morgan fingerprint density at radius 1 is 1.05 bits per heavy atom. The van der Waals surface area contributed by atoms with Crippen molar-refractivity contribution in [3.8, 4) is 5.13 Å². The highest BCUT2D eigenvalue weighted by atomic mass is 32.1. The van der Waals surface area contributed by atoms with Gasteiger partial charge in [-0.15, -0.1) is 0 Å². The van der Waals surface area contributed by atoms with Gasteiger partial charge in [0.05, 0.1) is 15.9 Å². The van der Waals surface area contributed by atoms with Crippen molar-refractivity contribution in [2.24, 2.45) is 0 Å². The van der Waals surface area contributed by atoms with E-state index in [-0.39, 0.29) is 0 Å². The smallest absolute Gasteiger partial charge is 0.195 e. The number of thiazole rings is 1. The topological polar surface area (TPSA) is 34.9 Å². The molecule has 0 spiro atoms. The molecule has 0 atom stereocenters. The Morgan fingerprint density at radius 3 is 2.85 bits per heavy atom. The molecule has 4 aromatic rings. The third kappa shape index (κ3) is 1.58. The van der Waals surface area contributed by atoms with Gasteiger partial charge < -0.3 is 0 Å². The number of hydrogen-bond acceptors (Lipinski definition) is 3. The summed E-state index contributed by atoms with van der Waals surface area (Å²) >= 11 is 1.61. The molecule has 0 amide bonds. The van der Waals surface area contributed by atoms with Gasteiger partial charge in [-0.1, -0.05) is 41.7 Å². The molecule has 0 unspecified atom stereocenters. The fourth-order valence-corrected chi connectivity index (χ4v) is 3.52. The van der Waals surface area contributed by atoms with Crippen LogP contribution >= 0.6 is 11.3 Å². The molecule has 0 aliphatic carbocycles. The summed E-state index contributed by atoms with van der Waals surface area (Å²) in [5.74, 6) is 0. The lowest BCUT2D eigenvalue weighted by Crippen LogP contribution is -1.95. The minimum absolute atomic E-state index is 0.619. The van der Waals surface area contributed by atoms with E-state index in [9.17, 15) is 4.79 Å². The summed E-state index contributed by atoms with van der Waals surface area (Å²) in [6, 6.07) is 16.0. The van der Waals surface area contributed by atoms with Crippen LogP contribution in [0.1, 0.15) is 10.5 Å². The highest BCUT2D eigenvalue weighted by molar-refractivity contribution is 7.21. The third-order valence-corrected chi connectivity index (χ3v) is 4.48. The number of carbonyl (C=O) groups excluding carboxylic acids is 1. The van der Waals surface area contributed by atoms with Crippen molar-refractivity contribution in [3.05, 3.63) is 60.4 Å². The molecule has 0 radical (unpaired) electrons. The van der Waals surface area contributed by atoms with Gasteiger partial charge in [-0.05, 0) is 23.6 Å².